The summed E-state index contributed by atoms with van der Waals surface area (Å²) < 4.78 is 8.80. The highest BCUT2D eigenvalue weighted by Crippen LogP contribution is 2.45. The first-order valence-corrected chi connectivity index (χ1v) is 16.1. The summed E-state index contributed by atoms with van der Waals surface area (Å²) in [5.74, 6) is 0. The van der Waals surface area contributed by atoms with E-state index in [0.717, 1.165) is 49.2 Å². The highest BCUT2D eigenvalue weighted by molar-refractivity contribution is 8.08. The number of benzene rings is 2. The van der Waals surface area contributed by atoms with E-state index in [1.165, 1.54) is 28.1 Å². The van der Waals surface area contributed by atoms with Crippen LogP contribution in [0.4, 0.5) is 5.69 Å². The first kappa shape index (κ1) is 26.8. The zero-order valence-electron chi connectivity index (χ0n) is 23.0. The molecule has 0 spiro atoms. The third kappa shape index (κ3) is 4.27. The van der Waals surface area contributed by atoms with E-state index >= 15 is 0 Å². The topological polar surface area (TPSA) is 51.1 Å². The minimum Gasteiger partial charge on any atom is -0.334 e. The Bertz CT molecular complexity index is 2100. The summed E-state index contributed by atoms with van der Waals surface area (Å²) >= 11 is 4.55. The lowest BCUT2D eigenvalue weighted by Gasteiger charge is -2.16. The highest BCUT2D eigenvalue weighted by atomic mass is 32.2. The number of thioether (sulfide) groups is 1. The fourth-order valence-electron chi connectivity index (χ4n) is 5.37. The van der Waals surface area contributed by atoms with Crippen molar-refractivity contribution in [3.05, 3.63) is 105 Å². The normalized spacial score (nSPS) is 15.8. The molecule has 0 unspecified atom stereocenters. The number of hydrogen-bond donors (Lipinski definition) is 0. The summed E-state index contributed by atoms with van der Waals surface area (Å²) in [7, 11) is 0. The number of anilines is 1. The second-order valence-electron chi connectivity index (χ2n) is 9.43. The molecular weight excluding hydrogens is 557 g/mol. The summed E-state index contributed by atoms with van der Waals surface area (Å²) in [4.78, 5) is 30.9. The second-order valence-corrected chi connectivity index (χ2v) is 12.5. The lowest BCUT2D eigenvalue weighted by Crippen LogP contribution is -2.37. The van der Waals surface area contributed by atoms with E-state index in [2.05, 4.69) is 77.9 Å². The lowest BCUT2D eigenvalue weighted by atomic mass is 10.2. The van der Waals surface area contributed by atoms with Crippen LogP contribution in [-0.2, 0) is 19.6 Å². The molecular formula is C31H31N4O2S3+. The van der Waals surface area contributed by atoms with Crippen molar-refractivity contribution in [2.45, 2.75) is 52.2 Å². The standard InChI is InChI=1S/C31H31N4O2S3/c1-5-32-21(18-17-20-13-9-10-14-22(20)32)19-25-34(7-3)28(36)26(39-25)31-35(8-4)29(37)27(40-31)30-33(6-2)23-15-11-12-16-24(23)38-30/h9-19H,5-8H2,1-4H3/q+1/b30-27?,31-26-. The zero-order chi connectivity index (χ0) is 28.0. The molecule has 1 aliphatic rings. The predicted molar refractivity (Wildman–Crippen MR) is 168 cm³/mol. The van der Waals surface area contributed by atoms with Gasteiger partial charge in [0.2, 0.25) is 11.2 Å². The van der Waals surface area contributed by atoms with Gasteiger partial charge in [0.05, 0.1) is 5.69 Å². The molecule has 0 fully saturated rings. The van der Waals surface area contributed by atoms with Crippen molar-refractivity contribution < 1.29 is 4.57 Å². The maximum Gasteiger partial charge on any atom is 0.272 e. The van der Waals surface area contributed by atoms with Gasteiger partial charge in [-0.05, 0) is 52.0 Å². The Hall–Kier alpha value is -3.40. The summed E-state index contributed by atoms with van der Waals surface area (Å²) in [6, 6.07) is 20.9. The van der Waals surface area contributed by atoms with Crippen molar-refractivity contribution in [3.63, 3.8) is 0 Å². The fourth-order valence-corrected chi connectivity index (χ4v) is 9.22. The molecule has 0 radical (unpaired) electrons. The monoisotopic (exact) mass is 587 g/mol. The summed E-state index contributed by atoms with van der Waals surface area (Å²) in [5, 5.41) is 2.14. The minimum atomic E-state index is -0.0442. The SMILES string of the molecule is CCN1C(=c2s/c(=c3\sc(=Cc4ccc5ccccc5[n+]4CC)n(CC)c3=O)n(CC)c2=O)Sc2ccccc21. The Morgan fingerprint density at radius 1 is 0.775 bits per heavy atom. The van der Waals surface area contributed by atoms with Crippen molar-refractivity contribution in [3.8, 4) is 0 Å². The molecule has 0 bridgehead atoms. The number of rotatable bonds is 5. The van der Waals surface area contributed by atoms with E-state index in [1.54, 1.807) is 16.3 Å². The van der Waals surface area contributed by atoms with Crippen molar-refractivity contribution in [2.24, 2.45) is 0 Å². The van der Waals surface area contributed by atoms with E-state index in [4.69, 9.17) is 0 Å². The molecule has 6 nitrogen and oxygen atoms in total. The van der Waals surface area contributed by atoms with Gasteiger partial charge in [-0.2, -0.15) is 4.57 Å². The van der Waals surface area contributed by atoms with Crippen LogP contribution < -0.4 is 29.8 Å². The fraction of sp³-hybridized carbons (Fsp3) is 0.258. The maximum atomic E-state index is 13.8. The van der Waals surface area contributed by atoms with Gasteiger partial charge >= 0.3 is 0 Å². The molecule has 0 aliphatic carbocycles. The number of thiazole rings is 2. The van der Waals surface area contributed by atoms with E-state index in [-0.39, 0.29) is 11.1 Å². The van der Waals surface area contributed by atoms with Crippen molar-refractivity contribution >= 4 is 62.1 Å². The van der Waals surface area contributed by atoms with Gasteiger partial charge in [-0.15, -0.1) is 22.7 Å². The maximum absolute atomic E-state index is 13.8. The third-order valence-corrected chi connectivity index (χ3v) is 11.1. The Labute approximate surface area is 244 Å². The van der Waals surface area contributed by atoms with Crippen LogP contribution in [0.25, 0.3) is 22.0 Å². The van der Waals surface area contributed by atoms with Gasteiger partial charge in [0.25, 0.3) is 11.1 Å². The molecule has 0 saturated heterocycles. The zero-order valence-corrected chi connectivity index (χ0v) is 25.5. The Kier molecular flexibility index (Phi) is 7.29. The molecule has 6 rings (SSSR count). The molecule has 0 N–H and O–H groups in total. The first-order valence-electron chi connectivity index (χ1n) is 13.7. The molecule has 0 saturated carbocycles. The largest absolute Gasteiger partial charge is 0.334 e. The quantitative estimate of drug-likeness (QED) is 0.285. The molecule has 2 aromatic carbocycles. The van der Waals surface area contributed by atoms with Crippen molar-refractivity contribution in [2.75, 3.05) is 11.4 Å². The van der Waals surface area contributed by atoms with Crippen LogP contribution >= 0.6 is 34.4 Å². The van der Waals surface area contributed by atoms with Crippen molar-refractivity contribution in [1.29, 1.82) is 0 Å². The number of aryl methyl sites for hydroxylation is 1. The van der Waals surface area contributed by atoms with Gasteiger partial charge in [-0.25, -0.2) is 0 Å². The number of nitrogens with zero attached hydrogens (tertiary/aromatic N) is 4. The van der Waals surface area contributed by atoms with E-state index < -0.39 is 0 Å². The molecule has 0 atom stereocenters. The van der Waals surface area contributed by atoms with Crippen LogP contribution in [0.1, 0.15) is 33.4 Å². The summed E-state index contributed by atoms with van der Waals surface area (Å²) in [6.45, 7) is 10.9. The van der Waals surface area contributed by atoms with E-state index in [0.29, 0.717) is 22.2 Å². The van der Waals surface area contributed by atoms with Gasteiger partial charge in [0.15, 0.2) is 0 Å². The van der Waals surface area contributed by atoms with Gasteiger partial charge < -0.3 is 4.90 Å². The number of para-hydroxylation sites is 2. The number of hydrogen-bond acceptors (Lipinski definition) is 6. The molecule has 5 aromatic rings. The van der Waals surface area contributed by atoms with E-state index in [9.17, 15) is 9.59 Å². The Morgan fingerprint density at radius 3 is 2.25 bits per heavy atom. The smallest absolute Gasteiger partial charge is 0.272 e. The van der Waals surface area contributed by atoms with Crippen LogP contribution in [0.2, 0.25) is 0 Å². The third-order valence-electron chi connectivity index (χ3n) is 7.30. The average Bonchev–Trinajstić information content (AvgIpc) is 3.62. The molecule has 40 heavy (non-hydrogen) atoms. The number of aromatic nitrogens is 3. The summed E-state index contributed by atoms with van der Waals surface area (Å²) in [6.07, 6.45) is 2.11. The van der Waals surface area contributed by atoms with Gasteiger partial charge in [-0.3, -0.25) is 18.7 Å². The highest BCUT2D eigenvalue weighted by Gasteiger charge is 2.26. The van der Waals surface area contributed by atoms with Crippen LogP contribution in [-0.4, -0.2) is 15.7 Å². The average molecular weight is 588 g/mol. The molecule has 9 heteroatoms. The van der Waals surface area contributed by atoms with E-state index in [1.807, 2.05) is 30.5 Å². The number of fused-ring (bicyclic) bond motifs is 2. The lowest BCUT2D eigenvalue weighted by molar-refractivity contribution is -0.669. The second kappa shape index (κ2) is 10.9. The van der Waals surface area contributed by atoms with Gasteiger partial charge in [0, 0.05) is 48.1 Å². The van der Waals surface area contributed by atoms with Crippen LogP contribution in [0.3, 0.4) is 0 Å². The summed E-state index contributed by atoms with van der Waals surface area (Å²) in [5.41, 5.74) is 3.26. The predicted octanol–water partition coefficient (Wildman–Crippen LogP) is 4.45. The van der Waals surface area contributed by atoms with Gasteiger partial charge in [-0.1, -0.05) is 36.0 Å². The van der Waals surface area contributed by atoms with Crippen molar-refractivity contribution in [1.82, 2.24) is 9.13 Å². The van der Waals surface area contributed by atoms with Crippen LogP contribution in [0.5, 0.6) is 0 Å². The minimum absolute atomic E-state index is 0.0315. The molecule has 0 amide bonds. The number of pyridine rings is 1. The van der Waals surface area contributed by atoms with Gasteiger partial charge in [0.1, 0.15) is 30.0 Å². The Morgan fingerprint density at radius 2 is 1.50 bits per heavy atom. The molecule has 3 aromatic heterocycles. The van der Waals surface area contributed by atoms with Crippen LogP contribution in [0.15, 0.2) is 75.1 Å². The molecule has 1 aliphatic heterocycles. The van der Waals surface area contributed by atoms with Crippen LogP contribution in [0, 0.1) is 9.20 Å². The molecule has 204 valence electrons. The molecule has 4 heterocycles. The Balaban J connectivity index is 1.65. The first-order chi connectivity index (χ1) is 19.5.